The van der Waals surface area contributed by atoms with E-state index < -0.39 is 5.60 Å². The van der Waals surface area contributed by atoms with E-state index in [1.54, 1.807) is 0 Å². The molecule has 0 bridgehead atoms. The molecule has 1 atom stereocenters. The Morgan fingerprint density at radius 3 is 3.00 bits per heavy atom. The van der Waals surface area contributed by atoms with Crippen LogP contribution in [-0.4, -0.2) is 23.9 Å². The number of fused-ring (bicyclic) bond motifs is 1. The van der Waals surface area contributed by atoms with Crippen molar-refractivity contribution in [1.29, 1.82) is 0 Å². The Morgan fingerprint density at radius 2 is 2.21 bits per heavy atom. The van der Waals surface area contributed by atoms with Gasteiger partial charge in [0.2, 0.25) is 0 Å². The first kappa shape index (κ1) is 9.49. The third-order valence-corrected chi connectivity index (χ3v) is 2.70. The highest BCUT2D eigenvalue weighted by atomic mass is 16.5. The van der Waals surface area contributed by atoms with Crippen molar-refractivity contribution in [3.8, 4) is 5.75 Å². The molecule has 14 heavy (non-hydrogen) atoms. The van der Waals surface area contributed by atoms with Crippen LogP contribution in [0.3, 0.4) is 0 Å². The zero-order valence-electron chi connectivity index (χ0n) is 8.07. The first-order valence-corrected chi connectivity index (χ1v) is 4.87. The summed E-state index contributed by atoms with van der Waals surface area (Å²) in [5.41, 5.74) is 5.80. The minimum absolute atomic E-state index is 0.282. The van der Waals surface area contributed by atoms with E-state index in [1.807, 2.05) is 24.3 Å². The maximum Gasteiger partial charge on any atom is 0.122 e. The second kappa shape index (κ2) is 3.59. The third-order valence-electron chi connectivity index (χ3n) is 2.70. The molecule has 0 amide bonds. The molecule has 1 heterocycles. The number of benzene rings is 1. The predicted molar refractivity (Wildman–Crippen MR) is 54.3 cm³/mol. The van der Waals surface area contributed by atoms with Crippen LogP contribution < -0.4 is 10.5 Å². The molecule has 1 unspecified atom stereocenters. The topological polar surface area (TPSA) is 55.5 Å². The summed E-state index contributed by atoms with van der Waals surface area (Å²) in [4.78, 5) is 0. The standard InChI is InChI=1S/C11H15NO2/c12-8-11(13)5-6-14-10-4-2-1-3-9(10)7-11/h1-4,13H,5-8,12H2. The van der Waals surface area contributed by atoms with E-state index in [4.69, 9.17) is 10.5 Å². The maximum absolute atomic E-state index is 10.1. The van der Waals surface area contributed by atoms with Gasteiger partial charge >= 0.3 is 0 Å². The van der Waals surface area contributed by atoms with E-state index in [0.717, 1.165) is 11.3 Å². The summed E-state index contributed by atoms with van der Waals surface area (Å²) >= 11 is 0. The number of nitrogens with two attached hydrogens (primary N) is 1. The van der Waals surface area contributed by atoms with Crippen molar-refractivity contribution in [2.45, 2.75) is 18.4 Å². The Balaban J connectivity index is 2.31. The highest BCUT2D eigenvalue weighted by Crippen LogP contribution is 2.28. The van der Waals surface area contributed by atoms with E-state index in [0.29, 0.717) is 19.4 Å². The third kappa shape index (κ3) is 1.74. The first-order valence-electron chi connectivity index (χ1n) is 4.87. The lowest BCUT2D eigenvalue weighted by Crippen LogP contribution is -2.40. The number of hydrogen-bond acceptors (Lipinski definition) is 3. The number of aliphatic hydroxyl groups is 1. The highest BCUT2D eigenvalue weighted by molar-refractivity contribution is 5.35. The summed E-state index contributed by atoms with van der Waals surface area (Å²) in [7, 11) is 0. The molecular formula is C11H15NO2. The molecule has 0 saturated carbocycles. The van der Waals surface area contributed by atoms with Gasteiger partial charge < -0.3 is 15.6 Å². The minimum Gasteiger partial charge on any atom is -0.493 e. The number of rotatable bonds is 1. The Labute approximate surface area is 83.5 Å². The molecule has 3 nitrogen and oxygen atoms in total. The Hall–Kier alpha value is -1.06. The Morgan fingerprint density at radius 1 is 1.43 bits per heavy atom. The van der Waals surface area contributed by atoms with Crippen molar-refractivity contribution in [3.05, 3.63) is 29.8 Å². The summed E-state index contributed by atoms with van der Waals surface area (Å²) in [6, 6.07) is 7.79. The second-order valence-electron chi connectivity index (χ2n) is 3.81. The monoisotopic (exact) mass is 193 g/mol. The Bertz CT molecular complexity index is 327. The van der Waals surface area contributed by atoms with E-state index >= 15 is 0 Å². The van der Waals surface area contributed by atoms with Crippen LogP contribution in [0.1, 0.15) is 12.0 Å². The fraction of sp³-hybridized carbons (Fsp3) is 0.455. The smallest absolute Gasteiger partial charge is 0.122 e. The second-order valence-corrected chi connectivity index (χ2v) is 3.81. The largest absolute Gasteiger partial charge is 0.493 e. The predicted octanol–water partition coefficient (Wildman–Crippen LogP) is 0.701. The zero-order valence-corrected chi connectivity index (χ0v) is 8.07. The lowest BCUT2D eigenvalue weighted by molar-refractivity contribution is 0.0346. The van der Waals surface area contributed by atoms with Gasteiger partial charge in [0.05, 0.1) is 12.2 Å². The molecule has 3 N–H and O–H groups in total. The van der Waals surface area contributed by atoms with Crippen LogP contribution in [0.25, 0.3) is 0 Å². The van der Waals surface area contributed by atoms with E-state index in [1.165, 1.54) is 0 Å². The van der Waals surface area contributed by atoms with Crippen LogP contribution in [0, 0.1) is 0 Å². The molecule has 0 fully saturated rings. The average molecular weight is 193 g/mol. The fourth-order valence-electron chi connectivity index (χ4n) is 1.76. The van der Waals surface area contributed by atoms with E-state index in [-0.39, 0.29) is 6.54 Å². The lowest BCUT2D eigenvalue weighted by atomic mass is 9.92. The van der Waals surface area contributed by atoms with Gasteiger partial charge in [-0.15, -0.1) is 0 Å². The van der Waals surface area contributed by atoms with Crippen LogP contribution in [0.15, 0.2) is 24.3 Å². The Kier molecular flexibility index (Phi) is 2.44. The minimum atomic E-state index is -0.799. The molecular weight excluding hydrogens is 178 g/mol. The molecule has 0 aromatic heterocycles. The molecule has 2 rings (SSSR count). The van der Waals surface area contributed by atoms with Gasteiger partial charge in [0.1, 0.15) is 5.75 Å². The van der Waals surface area contributed by atoms with Crippen molar-refractivity contribution in [3.63, 3.8) is 0 Å². The molecule has 1 aromatic carbocycles. The zero-order chi connectivity index (χ0) is 10.0. The summed E-state index contributed by atoms with van der Waals surface area (Å²) in [5, 5.41) is 10.1. The molecule has 0 radical (unpaired) electrons. The summed E-state index contributed by atoms with van der Waals surface area (Å²) < 4.78 is 5.53. The first-order chi connectivity index (χ1) is 6.73. The van der Waals surface area contributed by atoms with E-state index in [2.05, 4.69) is 0 Å². The van der Waals surface area contributed by atoms with Gasteiger partial charge in [-0.05, 0) is 11.6 Å². The van der Waals surface area contributed by atoms with Crippen LogP contribution in [-0.2, 0) is 6.42 Å². The van der Waals surface area contributed by atoms with Crippen molar-refractivity contribution < 1.29 is 9.84 Å². The molecule has 1 aromatic rings. The van der Waals surface area contributed by atoms with Gasteiger partial charge in [-0.25, -0.2) is 0 Å². The van der Waals surface area contributed by atoms with Crippen molar-refractivity contribution in [2.75, 3.05) is 13.2 Å². The summed E-state index contributed by atoms with van der Waals surface area (Å²) in [6.07, 6.45) is 1.18. The van der Waals surface area contributed by atoms with Gasteiger partial charge in [0.25, 0.3) is 0 Å². The fourth-order valence-corrected chi connectivity index (χ4v) is 1.76. The normalized spacial score (nSPS) is 26.1. The number of hydrogen-bond donors (Lipinski definition) is 2. The van der Waals surface area contributed by atoms with Gasteiger partial charge in [0.15, 0.2) is 0 Å². The van der Waals surface area contributed by atoms with Crippen molar-refractivity contribution in [2.24, 2.45) is 5.73 Å². The van der Waals surface area contributed by atoms with Crippen molar-refractivity contribution in [1.82, 2.24) is 0 Å². The molecule has 0 aliphatic carbocycles. The van der Waals surface area contributed by atoms with Crippen LogP contribution in [0.4, 0.5) is 0 Å². The van der Waals surface area contributed by atoms with E-state index in [9.17, 15) is 5.11 Å². The number of ether oxygens (including phenoxy) is 1. The summed E-state index contributed by atoms with van der Waals surface area (Å²) in [5.74, 6) is 0.872. The molecule has 1 aliphatic rings. The molecule has 3 heteroatoms. The van der Waals surface area contributed by atoms with Gasteiger partial charge in [-0.1, -0.05) is 18.2 Å². The van der Waals surface area contributed by atoms with Crippen LogP contribution in [0.5, 0.6) is 5.75 Å². The maximum atomic E-state index is 10.1. The quantitative estimate of drug-likeness (QED) is 0.690. The molecule has 0 saturated heterocycles. The van der Waals surface area contributed by atoms with Gasteiger partial charge in [-0.3, -0.25) is 0 Å². The van der Waals surface area contributed by atoms with Gasteiger partial charge in [-0.2, -0.15) is 0 Å². The average Bonchev–Trinajstić information content (AvgIpc) is 2.37. The van der Waals surface area contributed by atoms with Crippen LogP contribution in [0.2, 0.25) is 0 Å². The van der Waals surface area contributed by atoms with Gasteiger partial charge in [0, 0.05) is 19.4 Å². The molecule has 0 spiro atoms. The SMILES string of the molecule is NCC1(O)CCOc2ccccc2C1. The summed E-state index contributed by atoms with van der Waals surface area (Å²) in [6.45, 7) is 0.815. The van der Waals surface area contributed by atoms with Crippen LogP contribution >= 0.6 is 0 Å². The highest BCUT2D eigenvalue weighted by Gasteiger charge is 2.29. The lowest BCUT2D eigenvalue weighted by Gasteiger charge is -2.23. The number of para-hydroxylation sites is 1. The molecule has 76 valence electrons. The van der Waals surface area contributed by atoms with Crippen molar-refractivity contribution >= 4 is 0 Å². The molecule has 1 aliphatic heterocycles.